The van der Waals surface area contributed by atoms with Gasteiger partial charge in [-0.3, -0.25) is 0 Å². The lowest BCUT2D eigenvalue weighted by atomic mass is 9.99. The molecule has 3 aromatic rings. The molecule has 0 bridgehead atoms. The minimum absolute atomic E-state index is 1.15. The van der Waals surface area contributed by atoms with Crippen molar-refractivity contribution >= 4 is 27.5 Å². The molecule has 4 rings (SSSR count). The van der Waals surface area contributed by atoms with Crippen LogP contribution in [0.4, 0.5) is 0 Å². The van der Waals surface area contributed by atoms with Crippen molar-refractivity contribution in [3.63, 3.8) is 0 Å². The fraction of sp³-hybridized carbons (Fsp3) is 0.278. The second kappa shape index (κ2) is 4.78. The Kier molecular flexibility index (Phi) is 2.80. The van der Waals surface area contributed by atoms with E-state index >= 15 is 0 Å². The van der Waals surface area contributed by atoms with Gasteiger partial charge in [0.2, 0.25) is 0 Å². The van der Waals surface area contributed by atoms with Gasteiger partial charge in [0.05, 0.1) is 11.0 Å². The number of rotatable bonds is 1. The van der Waals surface area contributed by atoms with Crippen LogP contribution in [0.25, 0.3) is 21.8 Å². The average Bonchev–Trinajstić information content (AvgIpc) is 2.84. The SMILES string of the molecule is c1ccc2c(c1)c1ccccc1n2N=C1CCCCC1. The van der Waals surface area contributed by atoms with Crippen molar-refractivity contribution < 1.29 is 0 Å². The second-order valence-corrected chi connectivity index (χ2v) is 5.57. The molecular weight excluding hydrogens is 244 g/mol. The molecule has 2 aromatic carbocycles. The zero-order valence-corrected chi connectivity index (χ0v) is 11.5. The monoisotopic (exact) mass is 262 g/mol. The van der Waals surface area contributed by atoms with E-state index in [0.29, 0.717) is 0 Å². The third-order valence-corrected chi connectivity index (χ3v) is 4.23. The highest BCUT2D eigenvalue weighted by molar-refractivity contribution is 6.08. The molecule has 2 heteroatoms. The largest absolute Gasteiger partial charge is 0.233 e. The lowest BCUT2D eigenvalue weighted by molar-refractivity contribution is 0.660. The smallest absolute Gasteiger partial charge is 0.0731 e. The van der Waals surface area contributed by atoms with Crippen molar-refractivity contribution in [1.82, 2.24) is 4.68 Å². The maximum Gasteiger partial charge on any atom is 0.0731 e. The molecular formula is C18H18N2. The molecule has 0 radical (unpaired) electrons. The zero-order chi connectivity index (χ0) is 13.4. The van der Waals surface area contributed by atoms with Gasteiger partial charge in [-0.2, -0.15) is 5.10 Å². The second-order valence-electron chi connectivity index (χ2n) is 5.57. The molecule has 1 fully saturated rings. The summed E-state index contributed by atoms with van der Waals surface area (Å²) in [5, 5.41) is 7.56. The summed E-state index contributed by atoms with van der Waals surface area (Å²) < 4.78 is 2.14. The Morgan fingerprint density at radius 3 is 1.85 bits per heavy atom. The molecule has 1 saturated carbocycles. The fourth-order valence-electron chi connectivity index (χ4n) is 3.21. The summed E-state index contributed by atoms with van der Waals surface area (Å²) in [5.74, 6) is 0. The van der Waals surface area contributed by atoms with Crippen molar-refractivity contribution in [2.45, 2.75) is 32.1 Å². The molecule has 1 heterocycles. The highest BCUT2D eigenvalue weighted by atomic mass is 15.3. The average molecular weight is 262 g/mol. The van der Waals surface area contributed by atoms with Crippen LogP contribution < -0.4 is 0 Å². The quantitative estimate of drug-likeness (QED) is 0.589. The molecule has 0 atom stereocenters. The number of hydrogen-bond donors (Lipinski definition) is 0. The minimum atomic E-state index is 1.15. The predicted molar refractivity (Wildman–Crippen MR) is 85.4 cm³/mol. The third-order valence-electron chi connectivity index (χ3n) is 4.23. The van der Waals surface area contributed by atoms with E-state index in [1.54, 1.807) is 0 Å². The highest BCUT2D eigenvalue weighted by Crippen LogP contribution is 2.29. The maximum atomic E-state index is 4.97. The van der Waals surface area contributed by atoms with Gasteiger partial charge < -0.3 is 0 Å². The molecule has 0 unspecified atom stereocenters. The Labute approximate surface area is 118 Å². The van der Waals surface area contributed by atoms with Crippen LogP contribution in [0.3, 0.4) is 0 Å². The van der Waals surface area contributed by atoms with E-state index in [1.807, 2.05) is 0 Å². The van der Waals surface area contributed by atoms with E-state index in [-0.39, 0.29) is 0 Å². The first-order valence-corrected chi connectivity index (χ1v) is 7.48. The maximum absolute atomic E-state index is 4.97. The van der Waals surface area contributed by atoms with Gasteiger partial charge in [-0.15, -0.1) is 0 Å². The van der Waals surface area contributed by atoms with E-state index in [4.69, 9.17) is 5.10 Å². The van der Waals surface area contributed by atoms with E-state index in [2.05, 4.69) is 53.2 Å². The summed E-state index contributed by atoms with van der Waals surface area (Å²) in [7, 11) is 0. The molecule has 0 saturated heterocycles. The zero-order valence-electron chi connectivity index (χ0n) is 11.5. The molecule has 1 aliphatic rings. The van der Waals surface area contributed by atoms with Crippen molar-refractivity contribution in [1.29, 1.82) is 0 Å². The van der Waals surface area contributed by atoms with Crippen molar-refractivity contribution in [2.24, 2.45) is 5.10 Å². The molecule has 2 nitrogen and oxygen atoms in total. The lowest BCUT2D eigenvalue weighted by Crippen LogP contribution is -2.07. The van der Waals surface area contributed by atoms with Gasteiger partial charge in [-0.25, -0.2) is 4.68 Å². The van der Waals surface area contributed by atoms with Gasteiger partial charge in [-0.05, 0) is 37.8 Å². The van der Waals surface area contributed by atoms with Gasteiger partial charge in [0.1, 0.15) is 0 Å². The first-order chi connectivity index (χ1) is 9.93. The van der Waals surface area contributed by atoms with Gasteiger partial charge in [0, 0.05) is 16.5 Å². The van der Waals surface area contributed by atoms with Gasteiger partial charge in [0.15, 0.2) is 0 Å². The first kappa shape index (κ1) is 11.7. The topological polar surface area (TPSA) is 17.3 Å². The number of nitrogens with zero attached hydrogens (tertiary/aromatic N) is 2. The van der Waals surface area contributed by atoms with Crippen LogP contribution in [-0.2, 0) is 0 Å². The highest BCUT2D eigenvalue weighted by Gasteiger charge is 2.11. The van der Waals surface area contributed by atoms with Crippen LogP contribution in [0, 0.1) is 0 Å². The normalized spacial score (nSPS) is 15.9. The number of para-hydroxylation sites is 2. The Morgan fingerprint density at radius 2 is 1.25 bits per heavy atom. The molecule has 100 valence electrons. The van der Waals surface area contributed by atoms with Crippen molar-refractivity contribution in [3.05, 3.63) is 48.5 Å². The molecule has 1 aromatic heterocycles. The van der Waals surface area contributed by atoms with Gasteiger partial charge >= 0.3 is 0 Å². The Balaban J connectivity index is 2.00. The van der Waals surface area contributed by atoms with Crippen LogP contribution in [0.2, 0.25) is 0 Å². The van der Waals surface area contributed by atoms with Crippen LogP contribution in [-0.4, -0.2) is 10.4 Å². The lowest BCUT2D eigenvalue weighted by Gasteiger charge is -2.12. The molecule has 0 amide bonds. The number of fused-ring (bicyclic) bond motifs is 3. The van der Waals surface area contributed by atoms with Crippen LogP contribution in [0.5, 0.6) is 0 Å². The number of aromatic nitrogens is 1. The Hall–Kier alpha value is -2.09. The van der Waals surface area contributed by atoms with Crippen LogP contribution in [0.15, 0.2) is 53.6 Å². The van der Waals surface area contributed by atoms with Gasteiger partial charge in [0.25, 0.3) is 0 Å². The van der Waals surface area contributed by atoms with E-state index in [9.17, 15) is 0 Å². The molecule has 0 aliphatic heterocycles. The summed E-state index contributed by atoms with van der Waals surface area (Å²) in [6.07, 6.45) is 6.24. The number of benzene rings is 2. The third kappa shape index (κ3) is 1.83. The molecule has 0 spiro atoms. The standard InChI is InChI=1S/C18H18N2/c1-2-8-14(9-3-1)19-20-17-12-6-4-10-15(17)16-11-5-7-13-18(16)20/h4-7,10-13H,1-3,8-9H2. The van der Waals surface area contributed by atoms with E-state index in [0.717, 1.165) is 12.8 Å². The Bertz CT molecular complexity index is 734. The predicted octanol–water partition coefficient (Wildman–Crippen LogP) is 4.96. The summed E-state index contributed by atoms with van der Waals surface area (Å²) in [6, 6.07) is 17.1. The molecule has 0 N–H and O–H groups in total. The Morgan fingerprint density at radius 1 is 0.700 bits per heavy atom. The van der Waals surface area contributed by atoms with Crippen molar-refractivity contribution in [3.8, 4) is 0 Å². The summed E-state index contributed by atoms with van der Waals surface area (Å²) in [6.45, 7) is 0. The van der Waals surface area contributed by atoms with Crippen LogP contribution in [0.1, 0.15) is 32.1 Å². The van der Waals surface area contributed by atoms with E-state index < -0.39 is 0 Å². The summed E-state index contributed by atoms with van der Waals surface area (Å²) in [5.41, 5.74) is 3.78. The first-order valence-electron chi connectivity index (χ1n) is 7.48. The molecule has 20 heavy (non-hydrogen) atoms. The van der Waals surface area contributed by atoms with Crippen LogP contribution >= 0.6 is 0 Å². The van der Waals surface area contributed by atoms with Gasteiger partial charge in [-0.1, -0.05) is 42.8 Å². The fourth-order valence-corrected chi connectivity index (χ4v) is 3.21. The summed E-state index contributed by atoms with van der Waals surface area (Å²) >= 11 is 0. The van der Waals surface area contributed by atoms with E-state index in [1.165, 1.54) is 46.8 Å². The minimum Gasteiger partial charge on any atom is -0.233 e. The summed E-state index contributed by atoms with van der Waals surface area (Å²) in [4.78, 5) is 0. The molecule has 1 aliphatic carbocycles. The van der Waals surface area contributed by atoms with Crippen molar-refractivity contribution in [2.75, 3.05) is 0 Å². The number of hydrogen-bond acceptors (Lipinski definition) is 1.